The van der Waals surface area contributed by atoms with Crippen LogP contribution in [0.25, 0.3) is 0 Å². The number of alkyl halides is 3. The van der Waals surface area contributed by atoms with Crippen molar-refractivity contribution in [2.45, 2.75) is 65.0 Å². The summed E-state index contributed by atoms with van der Waals surface area (Å²) in [6.45, 7) is 6.53. The van der Waals surface area contributed by atoms with Crippen LogP contribution in [0.15, 0.2) is 18.2 Å². The van der Waals surface area contributed by atoms with Gasteiger partial charge in [0.1, 0.15) is 12.1 Å². The lowest BCUT2D eigenvalue weighted by atomic mass is 9.88. The van der Waals surface area contributed by atoms with Gasteiger partial charge in [-0.05, 0) is 41.5 Å². The maximum atomic E-state index is 12.6. The first-order chi connectivity index (χ1) is 15.1. The summed E-state index contributed by atoms with van der Waals surface area (Å²) in [5.74, 6) is -3.37. The number of carbonyl (C=O) groups excluding carboxylic acids is 2. The number of carboxylic acid groups (broad SMARTS) is 1. The molecule has 8 nitrogen and oxygen atoms in total. The summed E-state index contributed by atoms with van der Waals surface area (Å²) in [6, 6.07) is 4.83. The minimum atomic E-state index is -5.08. The van der Waals surface area contributed by atoms with Gasteiger partial charge in [0.15, 0.2) is 0 Å². The SMILES string of the molecule is CC(C)(C)[C@@H](O)C(=O)N1CCC[C@H]1C(=O)NCc1cc(Cl)ccc1CN.O=C(O)C(F)(F)F. The highest BCUT2D eigenvalue weighted by Gasteiger charge is 2.40. The molecule has 1 aliphatic rings. The summed E-state index contributed by atoms with van der Waals surface area (Å²) in [7, 11) is 0. The zero-order valence-corrected chi connectivity index (χ0v) is 19.3. The van der Waals surface area contributed by atoms with E-state index in [9.17, 15) is 27.9 Å². The lowest BCUT2D eigenvalue weighted by Gasteiger charge is -2.31. The lowest BCUT2D eigenvalue weighted by Crippen LogP contribution is -2.51. The Balaban J connectivity index is 0.000000675. The van der Waals surface area contributed by atoms with Gasteiger partial charge in [0.05, 0.1) is 0 Å². The Morgan fingerprint density at radius 1 is 1.24 bits per heavy atom. The Morgan fingerprint density at radius 2 is 1.82 bits per heavy atom. The molecular formula is C21H29ClF3N3O5. The highest BCUT2D eigenvalue weighted by Crippen LogP contribution is 2.25. The Kier molecular flexibility index (Phi) is 10.1. The average molecular weight is 496 g/mol. The van der Waals surface area contributed by atoms with Gasteiger partial charge in [-0.2, -0.15) is 13.2 Å². The van der Waals surface area contributed by atoms with Gasteiger partial charge < -0.3 is 26.2 Å². The smallest absolute Gasteiger partial charge is 0.475 e. The molecule has 0 saturated carbocycles. The van der Waals surface area contributed by atoms with E-state index < -0.39 is 29.7 Å². The van der Waals surface area contributed by atoms with Crippen LogP contribution in [0.3, 0.4) is 0 Å². The molecule has 2 rings (SSSR count). The first-order valence-electron chi connectivity index (χ1n) is 10.1. The molecule has 186 valence electrons. The van der Waals surface area contributed by atoms with Crippen LogP contribution >= 0.6 is 11.6 Å². The number of carbonyl (C=O) groups is 3. The standard InChI is InChI=1S/C19H28ClN3O3.C2HF3O2/c1-19(2,3)16(24)18(26)23-8-4-5-15(23)17(25)22-11-13-9-14(20)7-6-12(13)10-21;3-2(4,5)1(6)7/h6-7,9,15-16,24H,4-5,8,10-11,21H2,1-3H3,(H,22,25);(H,6,7)/t15-,16-;/m0./s1. The van der Waals surface area contributed by atoms with Crippen LogP contribution in [-0.4, -0.2) is 57.8 Å². The second-order valence-electron chi connectivity index (χ2n) is 8.60. The predicted octanol–water partition coefficient (Wildman–Crippen LogP) is 2.45. The van der Waals surface area contributed by atoms with E-state index in [0.717, 1.165) is 17.5 Å². The van der Waals surface area contributed by atoms with E-state index in [1.807, 2.05) is 6.07 Å². The monoisotopic (exact) mass is 495 g/mol. The number of rotatable bonds is 5. The van der Waals surface area contributed by atoms with Gasteiger partial charge in [0, 0.05) is 24.7 Å². The number of nitrogens with one attached hydrogen (secondary N) is 1. The highest BCUT2D eigenvalue weighted by atomic mass is 35.5. The molecule has 1 aliphatic heterocycles. The Bertz CT molecular complexity index is 859. The van der Waals surface area contributed by atoms with Crippen LogP contribution in [0.5, 0.6) is 0 Å². The molecule has 1 aromatic carbocycles. The molecule has 5 N–H and O–H groups in total. The third-order valence-electron chi connectivity index (χ3n) is 4.98. The second kappa shape index (κ2) is 11.7. The van der Waals surface area contributed by atoms with Gasteiger partial charge in [-0.3, -0.25) is 9.59 Å². The van der Waals surface area contributed by atoms with Crippen molar-refractivity contribution in [1.29, 1.82) is 0 Å². The molecule has 0 spiro atoms. The van der Waals surface area contributed by atoms with Crippen LogP contribution < -0.4 is 11.1 Å². The van der Waals surface area contributed by atoms with E-state index in [2.05, 4.69) is 5.32 Å². The van der Waals surface area contributed by atoms with Crippen molar-refractivity contribution in [2.24, 2.45) is 11.1 Å². The van der Waals surface area contributed by atoms with Crippen molar-refractivity contribution in [3.05, 3.63) is 34.3 Å². The molecule has 1 aromatic rings. The molecular weight excluding hydrogens is 467 g/mol. The molecule has 0 aromatic heterocycles. The highest BCUT2D eigenvalue weighted by molar-refractivity contribution is 6.30. The summed E-state index contributed by atoms with van der Waals surface area (Å²) in [5, 5.41) is 20.9. The Morgan fingerprint density at radius 3 is 2.30 bits per heavy atom. The average Bonchev–Trinajstić information content (AvgIpc) is 3.20. The molecule has 2 atom stereocenters. The fourth-order valence-corrected chi connectivity index (χ4v) is 3.28. The van der Waals surface area contributed by atoms with E-state index in [4.69, 9.17) is 27.2 Å². The molecule has 0 aliphatic carbocycles. The molecule has 33 heavy (non-hydrogen) atoms. The molecule has 12 heteroatoms. The van der Waals surface area contributed by atoms with E-state index in [-0.39, 0.29) is 11.8 Å². The summed E-state index contributed by atoms with van der Waals surface area (Å²) < 4.78 is 31.7. The maximum Gasteiger partial charge on any atom is 0.490 e. The molecule has 0 unspecified atom stereocenters. The number of halogens is 4. The van der Waals surface area contributed by atoms with Gasteiger partial charge in [-0.1, -0.05) is 38.4 Å². The van der Waals surface area contributed by atoms with E-state index in [1.54, 1.807) is 32.9 Å². The van der Waals surface area contributed by atoms with Crippen molar-refractivity contribution in [2.75, 3.05) is 6.54 Å². The number of nitrogens with two attached hydrogens (primary N) is 1. The number of nitrogens with zero attached hydrogens (tertiary/aromatic N) is 1. The minimum Gasteiger partial charge on any atom is -0.475 e. The molecule has 1 heterocycles. The van der Waals surface area contributed by atoms with Crippen molar-refractivity contribution in [1.82, 2.24) is 10.2 Å². The van der Waals surface area contributed by atoms with E-state index >= 15 is 0 Å². The first kappa shape index (κ1) is 28.7. The molecule has 0 bridgehead atoms. The van der Waals surface area contributed by atoms with Gasteiger partial charge in [-0.15, -0.1) is 0 Å². The predicted molar refractivity (Wildman–Crippen MR) is 115 cm³/mol. The quantitative estimate of drug-likeness (QED) is 0.496. The zero-order valence-electron chi connectivity index (χ0n) is 18.6. The van der Waals surface area contributed by atoms with Crippen molar-refractivity contribution in [3.63, 3.8) is 0 Å². The molecule has 1 fully saturated rings. The van der Waals surface area contributed by atoms with E-state index in [1.165, 1.54) is 4.90 Å². The summed E-state index contributed by atoms with van der Waals surface area (Å²) in [5.41, 5.74) is 6.93. The molecule has 0 radical (unpaired) electrons. The van der Waals surface area contributed by atoms with E-state index in [0.29, 0.717) is 31.1 Å². The number of aliphatic hydroxyl groups excluding tert-OH is 1. The molecule has 2 amide bonds. The third kappa shape index (κ3) is 8.49. The number of aliphatic carboxylic acids is 1. The van der Waals surface area contributed by atoms with Gasteiger partial charge >= 0.3 is 12.1 Å². The third-order valence-corrected chi connectivity index (χ3v) is 5.21. The first-order valence-corrected chi connectivity index (χ1v) is 10.5. The Hall–Kier alpha value is -2.37. The van der Waals surface area contributed by atoms with Crippen LogP contribution in [-0.2, 0) is 27.5 Å². The maximum absolute atomic E-state index is 12.6. The number of amides is 2. The van der Waals surface area contributed by atoms with Crippen molar-refractivity contribution < 1.29 is 37.8 Å². The fraction of sp³-hybridized carbons (Fsp3) is 0.571. The van der Waals surface area contributed by atoms with Crippen molar-refractivity contribution >= 4 is 29.4 Å². The number of hydrogen-bond donors (Lipinski definition) is 4. The van der Waals surface area contributed by atoms with Gasteiger partial charge in [-0.25, -0.2) is 4.79 Å². The fourth-order valence-electron chi connectivity index (χ4n) is 3.09. The number of hydrogen-bond acceptors (Lipinski definition) is 5. The topological polar surface area (TPSA) is 133 Å². The number of carboxylic acids is 1. The summed E-state index contributed by atoms with van der Waals surface area (Å²) in [4.78, 5) is 35.6. The summed E-state index contributed by atoms with van der Waals surface area (Å²) >= 11 is 6.02. The van der Waals surface area contributed by atoms with Gasteiger partial charge in [0.25, 0.3) is 5.91 Å². The number of aliphatic hydroxyl groups is 1. The number of benzene rings is 1. The van der Waals surface area contributed by atoms with Crippen LogP contribution in [0.2, 0.25) is 5.02 Å². The Labute approximate surface area is 194 Å². The zero-order chi connectivity index (χ0) is 25.6. The van der Waals surface area contributed by atoms with Crippen LogP contribution in [0, 0.1) is 5.41 Å². The molecule has 1 saturated heterocycles. The van der Waals surface area contributed by atoms with Gasteiger partial charge in [0.2, 0.25) is 5.91 Å². The van der Waals surface area contributed by atoms with Crippen LogP contribution in [0.1, 0.15) is 44.7 Å². The van der Waals surface area contributed by atoms with Crippen molar-refractivity contribution in [3.8, 4) is 0 Å². The largest absolute Gasteiger partial charge is 0.490 e. The normalized spacial score (nSPS) is 17.1. The van der Waals surface area contributed by atoms with Crippen LogP contribution in [0.4, 0.5) is 13.2 Å². The summed E-state index contributed by atoms with van der Waals surface area (Å²) in [6.07, 6.45) is -4.88. The lowest BCUT2D eigenvalue weighted by molar-refractivity contribution is -0.192. The number of likely N-dealkylation sites (tertiary alicyclic amines) is 1. The minimum absolute atomic E-state index is 0.222. The second-order valence-corrected chi connectivity index (χ2v) is 9.03.